The average molecular weight is 490 g/mol. The third kappa shape index (κ3) is 6.09. The number of aromatic nitrogens is 5. The number of hydrogen-bond donors (Lipinski definition) is 2. The zero-order valence-electron chi connectivity index (χ0n) is 19.5. The molecule has 5 rings (SSSR count). The number of anilines is 2. The van der Waals surface area contributed by atoms with Crippen molar-refractivity contribution in [2.45, 2.75) is 6.42 Å². The number of aromatic amines is 1. The Morgan fingerprint density at radius 1 is 1.11 bits per heavy atom. The fourth-order valence-electron chi connectivity index (χ4n) is 3.73. The topological polar surface area (TPSA) is 101 Å². The molecule has 2 N–H and O–H groups in total. The van der Waals surface area contributed by atoms with Crippen LogP contribution in [-0.4, -0.2) is 68.3 Å². The van der Waals surface area contributed by atoms with Crippen LogP contribution in [0.3, 0.4) is 0 Å². The van der Waals surface area contributed by atoms with Crippen molar-refractivity contribution in [2.24, 2.45) is 0 Å². The van der Waals surface area contributed by atoms with Gasteiger partial charge in [0.2, 0.25) is 5.95 Å². The largest absolute Gasteiger partial charge is 0.495 e. The molecule has 0 unspecified atom stereocenters. The second kappa shape index (κ2) is 11.2. The first-order valence-corrected chi connectivity index (χ1v) is 12.6. The van der Waals surface area contributed by atoms with Gasteiger partial charge in [-0.05, 0) is 30.7 Å². The molecule has 9 nitrogen and oxygen atoms in total. The number of nitrogens with zero attached hydrogens (tertiary/aromatic N) is 5. The number of rotatable bonds is 10. The molecule has 0 amide bonds. The number of imidazole rings is 1. The molecule has 180 valence electrons. The van der Waals surface area contributed by atoms with Crippen LogP contribution in [0.4, 0.5) is 11.6 Å². The Morgan fingerprint density at radius 3 is 2.97 bits per heavy atom. The highest BCUT2D eigenvalue weighted by molar-refractivity contribution is 7.99. The molecule has 0 saturated carbocycles. The van der Waals surface area contributed by atoms with E-state index in [9.17, 15) is 0 Å². The van der Waals surface area contributed by atoms with Crippen molar-refractivity contribution in [1.82, 2.24) is 29.8 Å². The fraction of sp³-hybridized carbons (Fsp3) is 0.280. The molecule has 35 heavy (non-hydrogen) atoms. The van der Waals surface area contributed by atoms with Crippen LogP contribution in [0.15, 0.2) is 61.2 Å². The summed E-state index contributed by atoms with van der Waals surface area (Å²) in [6, 6.07) is 11.6. The van der Waals surface area contributed by atoms with Crippen LogP contribution in [-0.2, 0) is 0 Å². The van der Waals surface area contributed by atoms with Crippen LogP contribution >= 0.6 is 11.8 Å². The lowest BCUT2D eigenvalue weighted by molar-refractivity contribution is 0.269. The maximum atomic E-state index is 5.96. The third-order valence-corrected chi connectivity index (χ3v) is 6.55. The van der Waals surface area contributed by atoms with Crippen LogP contribution < -0.4 is 14.8 Å². The van der Waals surface area contributed by atoms with Crippen molar-refractivity contribution in [3.05, 3.63) is 61.2 Å². The molecule has 10 heteroatoms. The van der Waals surface area contributed by atoms with E-state index in [1.54, 1.807) is 31.9 Å². The van der Waals surface area contributed by atoms with Crippen molar-refractivity contribution in [3.63, 3.8) is 0 Å². The fourth-order valence-corrected chi connectivity index (χ4v) is 4.76. The quantitative estimate of drug-likeness (QED) is 0.313. The summed E-state index contributed by atoms with van der Waals surface area (Å²) in [5.41, 5.74) is 3.20. The SMILES string of the molecule is COc1cncc(-c2ncc(-c3ccnc(Nc4cccc(OCCCN5CCSC5)c4)n3)[nH]2)c1. The molecule has 3 aromatic heterocycles. The van der Waals surface area contributed by atoms with E-state index in [2.05, 4.69) is 35.1 Å². The van der Waals surface area contributed by atoms with Gasteiger partial charge in [0.05, 0.1) is 37.5 Å². The Labute approximate surface area is 208 Å². The first-order valence-electron chi connectivity index (χ1n) is 11.4. The normalized spacial score (nSPS) is 13.6. The summed E-state index contributed by atoms with van der Waals surface area (Å²) in [4.78, 5) is 23.4. The van der Waals surface area contributed by atoms with Crippen LogP contribution in [0.1, 0.15) is 6.42 Å². The highest BCUT2D eigenvalue weighted by atomic mass is 32.2. The minimum Gasteiger partial charge on any atom is -0.495 e. The molecule has 0 bridgehead atoms. The lowest BCUT2D eigenvalue weighted by Gasteiger charge is -2.14. The number of H-pyrrole nitrogens is 1. The van der Waals surface area contributed by atoms with Crippen molar-refractivity contribution < 1.29 is 9.47 Å². The number of thioether (sulfide) groups is 1. The van der Waals surface area contributed by atoms with Crippen molar-refractivity contribution >= 4 is 23.4 Å². The zero-order chi connectivity index (χ0) is 23.9. The van der Waals surface area contributed by atoms with Gasteiger partial charge >= 0.3 is 0 Å². The Morgan fingerprint density at radius 2 is 2.09 bits per heavy atom. The van der Waals surface area contributed by atoms with E-state index in [1.165, 1.54) is 12.3 Å². The molecule has 0 aliphatic carbocycles. The minimum absolute atomic E-state index is 0.491. The molecule has 1 saturated heterocycles. The molecule has 1 aliphatic heterocycles. The van der Waals surface area contributed by atoms with Crippen LogP contribution in [0, 0.1) is 0 Å². The number of nitrogens with one attached hydrogen (secondary N) is 2. The van der Waals surface area contributed by atoms with Gasteiger partial charge in [0.1, 0.15) is 17.3 Å². The van der Waals surface area contributed by atoms with E-state index in [4.69, 9.17) is 9.47 Å². The van der Waals surface area contributed by atoms with E-state index in [0.717, 1.165) is 47.2 Å². The summed E-state index contributed by atoms with van der Waals surface area (Å²) in [6.07, 6.45) is 7.87. The Balaban J connectivity index is 1.22. The lowest BCUT2D eigenvalue weighted by Crippen LogP contribution is -2.22. The Bertz CT molecular complexity index is 1260. The van der Waals surface area contributed by atoms with Gasteiger partial charge in [0, 0.05) is 54.4 Å². The predicted molar refractivity (Wildman–Crippen MR) is 138 cm³/mol. The van der Waals surface area contributed by atoms with Crippen molar-refractivity contribution in [2.75, 3.05) is 43.8 Å². The number of methoxy groups -OCH3 is 1. The van der Waals surface area contributed by atoms with Gasteiger partial charge < -0.3 is 19.8 Å². The van der Waals surface area contributed by atoms with E-state index in [-0.39, 0.29) is 0 Å². The summed E-state index contributed by atoms with van der Waals surface area (Å²) in [6.45, 7) is 2.96. The number of pyridine rings is 1. The number of ether oxygens (including phenoxy) is 2. The monoisotopic (exact) mass is 489 g/mol. The summed E-state index contributed by atoms with van der Waals surface area (Å²) in [7, 11) is 1.61. The molecule has 1 fully saturated rings. The van der Waals surface area contributed by atoms with Gasteiger partial charge in [-0.2, -0.15) is 0 Å². The molecule has 4 aromatic rings. The first kappa shape index (κ1) is 23.1. The molecule has 0 spiro atoms. The summed E-state index contributed by atoms with van der Waals surface area (Å²) < 4.78 is 11.2. The van der Waals surface area contributed by atoms with Gasteiger partial charge in [-0.3, -0.25) is 9.88 Å². The maximum Gasteiger partial charge on any atom is 0.227 e. The van der Waals surface area contributed by atoms with Gasteiger partial charge in [0.25, 0.3) is 0 Å². The Hall–Kier alpha value is -3.63. The van der Waals surface area contributed by atoms with E-state index >= 15 is 0 Å². The second-order valence-corrected chi connectivity index (χ2v) is 9.11. The van der Waals surface area contributed by atoms with Crippen LogP contribution in [0.25, 0.3) is 22.8 Å². The van der Waals surface area contributed by atoms with Gasteiger partial charge in [-0.1, -0.05) is 6.07 Å². The standard InChI is InChI=1S/C25H27N7O2S/c1-33-21-12-18(14-26-15-21)24-28-16-23(30-24)22-6-7-27-25(31-22)29-19-4-2-5-20(13-19)34-10-3-8-32-9-11-35-17-32/h2,4-7,12-16H,3,8-11,17H2,1H3,(H,28,30)(H,27,29,31). The molecule has 1 aliphatic rings. The molecule has 4 heterocycles. The van der Waals surface area contributed by atoms with Gasteiger partial charge in [-0.25, -0.2) is 15.0 Å². The van der Waals surface area contributed by atoms with Crippen molar-refractivity contribution in [1.29, 1.82) is 0 Å². The van der Waals surface area contributed by atoms with E-state index in [0.29, 0.717) is 24.1 Å². The molecule has 0 radical (unpaired) electrons. The van der Waals surface area contributed by atoms with Crippen molar-refractivity contribution in [3.8, 4) is 34.3 Å². The highest BCUT2D eigenvalue weighted by Crippen LogP contribution is 2.25. The molecular formula is C25H27N7O2S. The predicted octanol–water partition coefficient (Wildman–Crippen LogP) is 4.46. The minimum atomic E-state index is 0.491. The van der Waals surface area contributed by atoms with E-state index in [1.807, 2.05) is 48.2 Å². The van der Waals surface area contributed by atoms with Crippen LogP contribution in [0.2, 0.25) is 0 Å². The molecule has 1 aromatic carbocycles. The summed E-state index contributed by atoms with van der Waals surface area (Å²) in [5, 5.41) is 3.27. The summed E-state index contributed by atoms with van der Waals surface area (Å²) >= 11 is 1.99. The van der Waals surface area contributed by atoms with Gasteiger partial charge in [-0.15, -0.1) is 11.8 Å². The highest BCUT2D eigenvalue weighted by Gasteiger charge is 2.11. The smallest absolute Gasteiger partial charge is 0.227 e. The van der Waals surface area contributed by atoms with Crippen LogP contribution in [0.5, 0.6) is 11.5 Å². The lowest BCUT2D eigenvalue weighted by atomic mass is 10.2. The first-order chi connectivity index (χ1) is 17.3. The maximum absolute atomic E-state index is 5.96. The van der Waals surface area contributed by atoms with E-state index < -0.39 is 0 Å². The second-order valence-electron chi connectivity index (χ2n) is 8.03. The summed E-state index contributed by atoms with van der Waals surface area (Å²) in [5.74, 6) is 5.05. The zero-order valence-corrected chi connectivity index (χ0v) is 20.3. The van der Waals surface area contributed by atoms with Gasteiger partial charge in [0.15, 0.2) is 0 Å². The third-order valence-electron chi connectivity index (χ3n) is 5.53. The average Bonchev–Trinajstić information content (AvgIpc) is 3.60. The number of benzene rings is 1. The molecular weight excluding hydrogens is 462 g/mol. The Kier molecular flexibility index (Phi) is 7.40. The number of hydrogen-bond acceptors (Lipinski definition) is 9. The molecule has 0 atom stereocenters.